The molecule has 4 amide bonds. The van der Waals surface area contributed by atoms with E-state index in [0.29, 0.717) is 24.2 Å². The van der Waals surface area contributed by atoms with Crippen molar-refractivity contribution in [3.05, 3.63) is 34.9 Å². The van der Waals surface area contributed by atoms with Crippen LogP contribution < -0.4 is 10.6 Å². The second-order valence-electron chi connectivity index (χ2n) is 7.83. The molecular formula is C20H24N4O5. The first-order valence-corrected chi connectivity index (χ1v) is 9.81. The summed E-state index contributed by atoms with van der Waals surface area (Å²) >= 11 is 0. The Morgan fingerprint density at radius 1 is 1.17 bits per heavy atom. The molecule has 3 heterocycles. The van der Waals surface area contributed by atoms with E-state index in [2.05, 4.69) is 10.6 Å². The standard InChI is InChI=1S/C20H24N4O5/c1-23(13-7-8-21-9-15(13)25)10-11-3-2-4-12-17(11)20(29)24(19(12)28)14-5-6-16(26)22-18(14)27/h2-4,13-15,21,25H,5-10H2,1H3,(H,22,26,27). The lowest BCUT2D eigenvalue weighted by molar-refractivity contribution is -0.136. The van der Waals surface area contributed by atoms with Crippen LogP contribution in [-0.4, -0.2) is 76.9 Å². The fraction of sp³-hybridized carbons (Fsp3) is 0.500. The Bertz CT molecular complexity index is 886. The third-order valence-electron chi connectivity index (χ3n) is 5.95. The number of likely N-dealkylation sites (N-methyl/N-ethyl adjacent to an activating group) is 1. The van der Waals surface area contributed by atoms with Crippen molar-refractivity contribution in [1.29, 1.82) is 0 Å². The molecule has 2 fully saturated rings. The molecule has 4 rings (SSSR count). The summed E-state index contributed by atoms with van der Waals surface area (Å²) in [5, 5.41) is 15.6. The van der Waals surface area contributed by atoms with Gasteiger partial charge in [-0.25, -0.2) is 0 Å². The fourth-order valence-electron chi connectivity index (χ4n) is 4.45. The molecule has 0 saturated carbocycles. The van der Waals surface area contributed by atoms with Crippen LogP contribution in [0.3, 0.4) is 0 Å². The van der Waals surface area contributed by atoms with E-state index in [-0.39, 0.29) is 24.4 Å². The van der Waals surface area contributed by atoms with Gasteiger partial charge < -0.3 is 10.4 Å². The van der Waals surface area contributed by atoms with Gasteiger partial charge in [0.25, 0.3) is 11.8 Å². The van der Waals surface area contributed by atoms with Gasteiger partial charge in [-0.1, -0.05) is 12.1 Å². The zero-order valence-corrected chi connectivity index (χ0v) is 16.2. The van der Waals surface area contributed by atoms with Gasteiger partial charge in [0.15, 0.2) is 0 Å². The minimum absolute atomic E-state index is 0.0504. The van der Waals surface area contributed by atoms with E-state index in [9.17, 15) is 24.3 Å². The molecule has 0 aliphatic carbocycles. The summed E-state index contributed by atoms with van der Waals surface area (Å²) in [6.07, 6.45) is 0.490. The predicted molar refractivity (Wildman–Crippen MR) is 102 cm³/mol. The van der Waals surface area contributed by atoms with E-state index in [4.69, 9.17) is 0 Å². The van der Waals surface area contributed by atoms with Gasteiger partial charge in [-0.3, -0.25) is 34.3 Å². The van der Waals surface area contributed by atoms with Gasteiger partial charge >= 0.3 is 0 Å². The highest BCUT2D eigenvalue weighted by atomic mass is 16.3. The highest BCUT2D eigenvalue weighted by Crippen LogP contribution is 2.31. The van der Waals surface area contributed by atoms with Gasteiger partial charge in [0.05, 0.1) is 17.2 Å². The molecule has 1 aromatic carbocycles. The van der Waals surface area contributed by atoms with Crippen LogP contribution in [0.4, 0.5) is 0 Å². The Hall–Kier alpha value is -2.62. The molecule has 9 nitrogen and oxygen atoms in total. The number of aliphatic hydroxyl groups excluding tert-OH is 1. The van der Waals surface area contributed by atoms with Gasteiger partial charge in [-0.2, -0.15) is 0 Å². The number of piperidine rings is 2. The van der Waals surface area contributed by atoms with Crippen molar-refractivity contribution in [1.82, 2.24) is 20.4 Å². The minimum atomic E-state index is -0.975. The Labute approximate surface area is 168 Å². The molecule has 3 aliphatic heterocycles. The number of hydrogen-bond acceptors (Lipinski definition) is 7. The summed E-state index contributed by atoms with van der Waals surface area (Å²) in [6.45, 7) is 1.72. The normalized spacial score (nSPS) is 27.4. The van der Waals surface area contributed by atoms with Gasteiger partial charge in [0, 0.05) is 25.6 Å². The van der Waals surface area contributed by atoms with Crippen molar-refractivity contribution >= 4 is 23.6 Å². The summed E-state index contributed by atoms with van der Waals surface area (Å²) in [6, 6.07) is 4.08. The fourth-order valence-corrected chi connectivity index (χ4v) is 4.45. The summed E-state index contributed by atoms with van der Waals surface area (Å²) in [5.74, 6) is -2.03. The number of carbonyl (C=O) groups is 4. The van der Waals surface area contributed by atoms with E-state index in [1.54, 1.807) is 18.2 Å². The number of amides is 4. The molecule has 154 valence electrons. The quantitative estimate of drug-likeness (QED) is 0.569. The van der Waals surface area contributed by atoms with Crippen molar-refractivity contribution in [3.8, 4) is 0 Å². The van der Waals surface area contributed by atoms with Crippen LogP contribution in [0.2, 0.25) is 0 Å². The first-order chi connectivity index (χ1) is 13.9. The molecule has 3 aliphatic rings. The smallest absolute Gasteiger partial charge is 0.262 e. The lowest BCUT2D eigenvalue weighted by Gasteiger charge is -2.35. The average molecular weight is 400 g/mol. The molecule has 1 aromatic rings. The van der Waals surface area contributed by atoms with E-state index in [1.165, 1.54) is 0 Å². The third kappa shape index (κ3) is 3.45. The first-order valence-electron chi connectivity index (χ1n) is 9.81. The molecule has 3 atom stereocenters. The number of fused-ring (bicyclic) bond motifs is 1. The average Bonchev–Trinajstić information content (AvgIpc) is 2.94. The first kappa shape index (κ1) is 19.7. The predicted octanol–water partition coefficient (Wildman–Crippen LogP) is -0.758. The summed E-state index contributed by atoms with van der Waals surface area (Å²) in [5.41, 5.74) is 1.26. The molecule has 3 N–H and O–H groups in total. The van der Waals surface area contributed by atoms with Crippen molar-refractivity contribution in [2.24, 2.45) is 0 Å². The summed E-state index contributed by atoms with van der Waals surface area (Å²) in [7, 11) is 1.89. The van der Waals surface area contributed by atoms with Crippen LogP contribution in [0.1, 0.15) is 45.5 Å². The van der Waals surface area contributed by atoms with Gasteiger partial charge in [0.2, 0.25) is 11.8 Å². The molecule has 0 aromatic heterocycles. The van der Waals surface area contributed by atoms with Crippen LogP contribution in [0.25, 0.3) is 0 Å². The summed E-state index contributed by atoms with van der Waals surface area (Å²) < 4.78 is 0. The zero-order chi connectivity index (χ0) is 20.7. The number of nitrogens with one attached hydrogen (secondary N) is 2. The van der Waals surface area contributed by atoms with Crippen LogP contribution in [0.5, 0.6) is 0 Å². The van der Waals surface area contributed by atoms with Crippen molar-refractivity contribution in [3.63, 3.8) is 0 Å². The Morgan fingerprint density at radius 3 is 2.69 bits per heavy atom. The van der Waals surface area contributed by atoms with E-state index in [0.717, 1.165) is 17.9 Å². The minimum Gasteiger partial charge on any atom is -0.390 e. The summed E-state index contributed by atoms with van der Waals surface area (Å²) in [4.78, 5) is 52.7. The van der Waals surface area contributed by atoms with E-state index in [1.807, 2.05) is 11.9 Å². The maximum absolute atomic E-state index is 13.1. The molecular weight excluding hydrogens is 376 g/mol. The maximum Gasteiger partial charge on any atom is 0.262 e. The second kappa shape index (κ2) is 7.66. The SMILES string of the molecule is CN(Cc1cccc2c1C(=O)N(C1CCC(=O)NC1=O)C2=O)C1CCNCC1O. The zero-order valence-electron chi connectivity index (χ0n) is 16.2. The lowest BCUT2D eigenvalue weighted by Crippen LogP contribution is -2.54. The number of imide groups is 2. The molecule has 0 radical (unpaired) electrons. The Morgan fingerprint density at radius 2 is 1.97 bits per heavy atom. The van der Waals surface area contributed by atoms with Crippen molar-refractivity contribution in [2.45, 2.75) is 44.0 Å². The molecule has 9 heteroatoms. The van der Waals surface area contributed by atoms with Crippen molar-refractivity contribution < 1.29 is 24.3 Å². The second-order valence-corrected chi connectivity index (χ2v) is 7.83. The Kier molecular flexibility index (Phi) is 5.20. The molecule has 3 unspecified atom stereocenters. The van der Waals surface area contributed by atoms with E-state index < -0.39 is 35.8 Å². The van der Waals surface area contributed by atoms with Gasteiger partial charge in [0.1, 0.15) is 6.04 Å². The number of hydrogen-bond donors (Lipinski definition) is 3. The van der Waals surface area contributed by atoms with Gasteiger partial charge in [-0.15, -0.1) is 0 Å². The molecule has 2 saturated heterocycles. The largest absolute Gasteiger partial charge is 0.390 e. The molecule has 0 bridgehead atoms. The number of carbonyl (C=O) groups excluding carboxylic acids is 4. The van der Waals surface area contributed by atoms with Crippen LogP contribution in [0.15, 0.2) is 18.2 Å². The highest BCUT2D eigenvalue weighted by Gasteiger charge is 2.45. The number of rotatable bonds is 4. The maximum atomic E-state index is 13.1. The molecule has 0 spiro atoms. The third-order valence-corrected chi connectivity index (χ3v) is 5.95. The van der Waals surface area contributed by atoms with Crippen LogP contribution in [0, 0.1) is 0 Å². The lowest BCUT2D eigenvalue weighted by atomic mass is 9.99. The number of aliphatic hydroxyl groups is 1. The topological polar surface area (TPSA) is 119 Å². The van der Waals surface area contributed by atoms with Crippen LogP contribution in [-0.2, 0) is 16.1 Å². The number of benzene rings is 1. The monoisotopic (exact) mass is 400 g/mol. The van der Waals surface area contributed by atoms with Crippen molar-refractivity contribution in [2.75, 3.05) is 20.1 Å². The van der Waals surface area contributed by atoms with Crippen LogP contribution >= 0.6 is 0 Å². The number of β-amino-alcohol motifs (C(OH)–C–C–N with tert-alkyl or cyclic N) is 1. The molecule has 29 heavy (non-hydrogen) atoms. The number of nitrogens with zero attached hydrogens (tertiary/aromatic N) is 2. The Balaban J connectivity index is 1.59. The van der Waals surface area contributed by atoms with Gasteiger partial charge in [-0.05, 0) is 38.1 Å². The highest BCUT2D eigenvalue weighted by molar-refractivity contribution is 6.24. The van der Waals surface area contributed by atoms with E-state index >= 15 is 0 Å².